The highest BCUT2D eigenvalue weighted by atomic mass is 32.2. The average molecular weight is 1430 g/mol. The number of hydrogen-bond donors (Lipinski definition) is 0. The maximum atomic E-state index is 14.7. The minimum atomic E-state index is -4.20. The molecule has 2 aliphatic heterocycles. The highest BCUT2D eigenvalue weighted by Crippen LogP contribution is 2.27. The van der Waals surface area contributed by atoms with E-state index in [0.717, 1.165) is 33.4 Å². The lowest BCUT2D eigenvalue weighted by atomic mass is 10.2. The molecular formula is C68H88N10O12S6. The number of aryl methyl sites for hydroxylation is 6. The molecule has 0 radical (unpaired) electrons. The molecule has 0 bridgehead atoms. The van der Waals surface area contributed by atoms with E-state index in [1.54, 1.807) is 109 Å². The number of benzene rings is 6. The molecule has 22 nitrogen and oxygen atoms in total. The summed E-state index contributed by atoms with van der Waals surface area (Å²) in [6, 6.07) is 38.8. The van der Waals surface area contributed by atoms with E-state index < -0.39 is 60.1 Å². The van der Waals surface area contributed by atoms with Crippen LogP contribution in [0, 0.1) is 41.5 Å². The molecule has 0 atom stereocenters. The number of hydrogen-bond acceptors (Lipinski definition) is 16. The fourth-order valence-electron chi connectivity index (χ4n) is 11.6. The van der Waals surface area contributed by atoms with Gasteiger partial charge in [0, 0.05) is 117 Å². The second-order valence-corrected chi connectivity index (χ2v) is 36.4. The van der Waals surface area contributed by atoms with Crippen molar-refractivity contribution in [1.82, 2.24) is 45.6 Å². The van der Waals surface area contributed by atoms with Gasteiger partial charge in [0.2, 0.25) is 60.1 Å². The second kappa shape index (κ2) is 32.2. The van der Waals surface area contributed by atoms with Crippen molar-refractivity contribution in [2.24, 2.45) is 0 Å². The van der Waals surface area contributed by atoms with Crippen LogP contribution in [0.1, 0.15) is 70.5 Å². The Morgan fingerprint density at radius 1 is 0.250 bits per heavy atom. The van der Waals surface area contributed by atoms with Crippen molar-refractivity contribution in [3.05, 3.63) is 203 Å². The molecule has 1 aromatic heterocycles. The molecule has 0 aliphatic carbocycles. The molecule has 28 heteroatoms. The summed E-state index contributed by atoms with van der Waals surface area (Å²) in [4.78, 5) is 14.0. The lowest BCUT2D eigenvalue weighted by Crippen LogP contribution is -2.45. The van der Waals surface area contributed by atoms with Crippen molar-refractivity contribution < 1.29 is 50.5 Å². The van der Waals surface area contributed by atoms with Crippen LogP contribution in [-0.4, -0.2) is 201 Å². The lowest BCUT2D eigenvalue weighted by molar-refractivity contribution is 0.217. The van der Waals surface area contributed by atoms with Crippen LogP contribution in [-0.2, 0) is 73.2 Å². The molecule has 9 rings (SSSR count). The van der Waals surface area contributed by atoms with Gasteiger partial charge in [0.15, 0.2) is 0 Å². The molecule has 3 heterocycles. The Kier molecular flexibility index (Phi) is 24.8. The third-order valence-corrected chi connectivity index (χ3v) is 28.9. The maximum Gasteiger partial charge on any atom is 0.243 e. The molecule has 0 unspecified atom stereocenters. The van der Waals surface area contributed by atoms with Gasteiger partial charge in [0.05, 0.1) is 40.8 Å². The second-order valence-electron chi connectivity index (χ2n) is 24.8. The summed E-state index contributed by atoms with van der Waals surface area (Å²) in [6.07, 6.45) is 3.81. The minimum Gasteiger partial charge on any atom is -0.296 e. The van der Waals surface area contributed by atoms with Crippen LogP contribution in [0.25, 0.3) is 0 Å². The largest absolute Gasteiger partial charge is 0.296 e. The first-order valence-corrected chi connectivity index (χ1v) is 40.8. The van der Waals surface area contributed by atoms with Crippen LogP contribution < -0.4 is 0 Å². The summed E-state index contributed by atoms with van der Waals surface area (Å²) in [5, 5.41) is 0. The SMILES string of the molecule is Cc1ccc(S(=O)(=O)N2CCCN(S(=O)(=O)c3ccc(C)cc3)CCN(S(=O)(=O)c3ccc(C)cc3)CCCN(Cc3cncc(CN4CCCN(S(=O)(=O)c5ccc(C)cc5)CCN(S(=O)(=O)c5ccc(C)cc5)CCCN(S(=O)(=O)c5ccc(C)cc5)CC4)n3)CC2)cc1. The van der Waals surface area contributed by atoms with Gasteiger partial charge in [-0.2, -0.15) is 25.8 Å². The van der Waals surface area contributed by atoms with E-state index in [1.807, 2.05) is 51.3 Å². The summed E-state index contributed by atoms with van der Waals surface area (Å²) in [5.74, 6) is 0. The molecule has 6 aromatic carbocycles. The van der Waals surface area contributed by atoms with Gasteiger partial charge in [0.1, 0.15) is 0 Å². The number of sulfonamides is 6. The van der Waals surface area contributed by atoms with E-state index in [2.05, 4.69) is 4.98 Å². The Labute approximate surface area is 569 Å². The number of rotatable bonds is 16. The molecule has 2 fully saturated rings. The predicted octanol–water partition coefficient (Wildman–Crippen LogP) is 7.66. The Morgan fingerprint density at radius 3 is 0.625 bits per heavy atom. The fourth-order valence-corrected chi connectivity index (χ4v) is 20.4. The van der Waals surface area contributed by atoms with E-state index in [4.69, 9.17) is 4.98 Å². The van der Waals surface area contributed by atoms with Crippen molar-refractivity contribution in [2.75, 3.05) is 105 Å². The third-order valence-electron chi connectivity index (χ3n) is 17.4. The van der Waals surface area contributed by atoms with Crippen LogP contribution in [0.2, 0.25) is 0 Å². The molecule has 0 saturated carbocycles. The zero-order valence-corrected chi connectivity index (χ0v) is 60.3. The minimum absolute atomic E-state index is 0.0253. The van der Waals surface area contributed by atoms with Crippen LogP contribution in [0.4, 0.5) is 0 Å². The van der Waals surface area contributed by atoms with Crippen molar-refractivity contribution in [2.45, 2.75) is 110 Å². The first-order chi connectivity index (χ1) is 45.5. The van der Waals surface area contributed by atoms with Gasteiger partial charge in [-0.05, 0) is 153 Å². The Balaban J connectivity index is 1.02. The van der Waals surface area contributed by atoms with Crippen LogP contribution in [0.3, 0.4) is 0 Å². The summed E-state index contributed by atoms with van der Waals surface area (Å²) in [5.41, 5.74) is 6.12. The summed E-state index contributed by atoms with van der Waals surface area (Å²) < 4.78 is 183. The molecule has 7 aromatic rings. The summed E-state index contributed by atoms with van der Waals surface area (Å²) in [6.45, 7) is 10.8. The van der Waals surface area contributed by atoms with E-state index in [1.165, 1.54) is 74.4 Å². The summed E-state index contributed by atoms with van der Waals surface area (Å²) >= 11 is 0. The molecule has 0 spiro atoms. The standard InChI is InChI=1S/C68H88N10O12S6/c1-55-11-23-63(24-12-55)91(79,80)73-39-9-41-77(95(87,88)67-31-19-59(5)20-32-67)49-47-75(93(83,84)65-27-15-57(3)16-28-65)37-7-35-71(43-45-73)53-61-51-69-52-62(70-61)54-72-36-8-38-76(94(85,86)66-29-17-58(4)18-30-66)48-50-78(96(89,90)68-33-21-60(6)22-34-68)42-10-40-74(46-44-72)92(81,82)64-25-13-56(2)14-26-64/h11-34,51-52H,7-10,35-50,53-54H2,1-6H3. The monoisotopic (exact) mass is 1430 g/mol. The van der Waals surface area contributed by atoms with Crippen LogP contribution >= 0.6 is 0 Å². The van der Waals surface area contributed by atoms with Gasteiger partial charge < -0.3 is 0 Å². The van der Waals surface area contributed by atoms with Gasteiger partial charge in [-0.15, -0.1) is 0 Å². The smallest absolute Gasteiger partial charge is 0.243 e. The van der Waals surface area contributed by atoms with Gasteiger partial charge in [-0.25, -0.2) is 50.5 Å². The molecular weight excluding hydrogens is 1340 g/mol. The zero-order chi connectivity index (χ0) is 69.1. The van der Waals surface area contributed by atoms with Crippen molar-refractivity contribution in [1.29, 1.82) is 0 Å². The average Bonchev–Trinajstić information content (AvgIpc) is 0.904. The molecule has 96 heavy (non-hydrogen) atoms. The van der Waals surface area contributed by atoms with Crippen molar-refractivity contribution >= 4 is 60.1 Å². The van der Waals surface area contributed by atoms with E-state index in [9.17, 15) is 50.5 Å². The summed E-state index contributed by atoms with van der Waals surface area (Å²) in [7, 11) is -25.1. The lowest BCUT2D eigenvalue weighted by Gasteiger charge is -2.31. The Morgan fingerprint density at radius 2 is 0.427 bits per heavy atom. The molecule has 518 valence electrons. The van der Waals surface area contributed by atoms with Gasteiger partial charge in [-0.1, -0.05) is 106 Å². The van der Waals surface area contributed by atoms with E-state index >= 15 is 0 Å². The maximum absolute atomic E-state index is 14.7. The van der Waals surface area contributed by atoms with E-state index in [0.29, 0.717) is 11.4 Å². The van der Waals surface area contributed by atoms with Crippen LogP contribution in [0.5, 0.6) is 0 Å². The molecule has 2 aliphatic rings. The zero-order valence-electron chi connectivity index (χ0n) is 55.4. The first-order valence-electron chi connectivity index (χ1n) is 32.2. The highest BCUT2D eigenvalue weighted by Gasteiger charge is 2.34. The number of nitrogens with zero attached hydrogens (tertiary/aromatic N) is 10. The molecule has 0 amide bonds. The highest BCUT2D eigenvalue weighted by molar-refractivity contribution is 7.90. The van der Waals surface area contributed by atoms with Crippen molar-refractivity contribution in [3.8, 4) is 0 Å². The van der Waals surface area contributed by atoms with Gasteiger partial charge in [-0.3, -0.25) is 19.8 Å². The normalized spacial score (nSPS) is 18.1. The molecule has 2 saturated heterocycles. The Bertz CT molecular complexity index is 4180. The quantitative estimate of drug-likeness (QED) is 0.0899. The van der Waals surface area contributed by atoms with Gasteiger partial charge in [0.25, 0.3) is 0 Å². The van der Waals surface area contributed by atoms with Crippen LogP contribution in [0.15, 0.2) is 187 Å². The van der Waals surface area contributed by atoms with Gasteiger partial charge >= 0.3 is 0 Å². The molecule has 0 N–H and O–H groups in total. The fraction of sp³-hybridized carbons (Fsp3) is 0.412. The van der Waals surface area contributed by atoms with E-state index in [-0.39, 0.29) is 173 Å². The first kappa shape index (κ1) is 74.0. The third kappa shape index (κ3) is 18.7. The van der Waals surface area contributed by atoms with Crippen molar-refractivity contribution in [3.63, 3.8) is 0 Å². The number of aromatic nitrogens is 2. The topological polar surface area (TPSA) is 257 Å². The Hall–Kier alpha value is -6.22. The predicted molar refractivity (Wildman–Crippen MR) is 371 cm³/mol.